The highest BCUT2D eigenvalue weighted by atomic mass is 32.1. The summed E-state index contributed by atoms with van der Waals surface area (Å²) in [6.45, 7) is 0. The number of fused-ring (bicyclic) bond motifs is 9. The first-order chi connectivity index (χ1) is 25.3. The molecular weight excluding hydrogens is 643 g/mol. The molecule has 0 N–H and O–H groups in total. The smallest absolute Gasteiger partial charge is 0.238 e. The summed E-state index contributed by atoms with van der Waals surface area (Å²) in [7, 11) is 0. The van der Waals surface area contributed by atoms with Gasteiger partial charge in [-0.05, 0) is 42.5 Å². The van der Waals surface area contributed by atoms with E-state index in [1.165, 1.54) is 47.7 Å². The molecule has 0 unspecified atom stereocenters. The van der Waals surface area contributed by atoms with Gasteiger partial charge < -0.3 is 4.57 Å². The van der Waals surface area contributed by atoms with Crippen LogP contribution in [0.2, 0.25) is 0 Å². The third-order valence-corrected chi connectivity index (χ3v) is 11.1. The quantitative estimate of drug-likeness (QED) is 0.187. The van der Waals surface area contributed by atoms with Crippen molar-refractivity contribution in [2.24, 2.45) is 0 Å². The summed E-state index contributed by atoms with van der Waals surface area (Å²) in [4.78, 5) is 15.3. The first-order valence-corrected chi connectivity index (χ1v) is 17.9. The largest absolute Gasteiger partial charge is 0.309 e. The van der Waals surface area contributed by atoms with Crippen LogP contribution in [0.5, 0.6) is 0 Å². The maximum atomic E-state index is 5.16. The summed E-state index contributed by atoms with van der Waals surface area (Å²) in [5.41, 5.74) is 7.52. The van der Waals surface area contributed by atoms with E-state index in [-0.39, 0.29) is 0 Å². The molecule has 6 heteroatoms. The molecule has 5 nitrogen and oxygen atoms in total. The van der Waals surface area contributed by atoms with Crippen molar-refractivity contribution in [2.75, 3.05) is 0 Å². The van der Waals surface area contributed by atoms with E-state index in [0.717, 1.165) is 32.9 Å². The van der Waals surface area contributed by atoms with Crippen LogP contribution < -0.4 is 0 Å². The Morgan fingerprint density at radius 3 is 1.53 bits per heavy atom. The number of benzene rings is 7. The van der Waals surface area contributed by atoms with E-state index in [9.17, 15) is 0 Å². The normalized spacial score (nSPS) is 11.9. The number of aromatic nitrogens is 5. The third kappa shape index (κ3) is 4.24. The van der Waals surface area contributed by atoms with Crippen LogP contribution in [-0.4, -0.2) is 24.1 Å². The van der Waals surface area contributed by atoms with E-state index < -0.39 is 0 Å². The Morgan fingerprint density at radius 2 is 0.882 bits per heavy atom. The summed E-state index contributed by atoms with van der Waals surface area (Å²) < 4.78 is 7.26. The molecule has 4 heterocycles. The molecule has 0 atom stereocenters. The van der Waals surface area contributed by atoms with Crippen molar-refractivity contribution in [3.63, 3.8) is 0 Å². The minimum atomic E-state index is 0.589. The second kappa shape index (κ2) is 10.9. The van der Waals surface area contributed by atoms with E-state index in [1.807, 2.05) is 47.7 Å². The van der Waals surface area contributed by atoms with Crippen LogP contribution in [0, 0.1) is 0 Å². The van der Waals surface area contributed by atoms with Crippen LogP contribution in [0.1, 0.15) is 0 Å². The van der Waals surface area contributed by atoms with Crippen LogP contribution >= 0.6 is 11.3 Å². The van der Waals surface area contributed by atoms with Gasteiger partial charge in [-0.3, -0.25) is 4.57 Å². The monoisotopic (exact) mass is 669 g/mol. The zero-order valence-electron chi connectivity index (χ0n) is 27.2. The van der Waals surface area contributed by atoms with Crippen molar-refractivity contribution in [1.82, 2.24) is 24.1 Å². The maximum absolute atomic E-state index is 5.16. The summed E-state index contributed by atoms with van der Waals surface area (Å²) >= 11 is 1.85. The van der Waals surface area contributed by atoms with Crippen LogP contribution in [0.25, 0.3) is 98.2 Å². The number of nitrogens with zero attached hydrogens (tertiary/aromatic N) is 5. The van der Waals surface area contributed by atoms with Gasteiger partial charge >= 0.3 is 0 Å². The summed E-state index contributed by atoms with van der Waals surface area (Å²) in [6.07, 6.45) is 0. The molecule has 0 bridgehead atoms. The topological polar surface area (TPSA) is 48.5 Å². The van der Waals surface area contributed by atoms with Crippen molar-refractivity contribution in [1.29, 1.82) is 0 Å². The van der Waals surface area contributed by atoms with Gasteiger partial charge in [0.15, 0.2) is 11.6 Å². The fraction of sp³-hybridized carbons (Fsp3) is 0. The standard InChI is InChI=1S/C45H27N5S/c1-3-14-28(15-4-1)43-46-44(29-16-5-2-6-17-29)48-45(47-43)50-36-22-11-8-19-31(36)34-26-38-33(27-39(34)50)30-18-7-10-21-35(30)49(38)37-23-13-25-41-42(37)32-20-9-12-24-40(32)51-41/h1-27H. The second-order valence-electron chi connectivity index (χ2n) is 12.9. The minimum Gasteiger partial charge on any atom is -0.309 e. The maximum Gasteiger partial charge on any atom is 0.238 e. The molecule has 0 spiro atoms. The van der Waals surface area contributed by atoms with E-state index in [2.05, 4.69) is 137 Å². The van der Waals surface area contributed by atoms with Crippen LogP contribution in [0.15, 0.2) is 164 Å². The first-order valence-electron chi connectivity index (χ1n) is 17.0. The van der Waals surface area contributed by atoms with Crippen molar-refractivity contribution in [3.8, 4) is 34.4 Å². The molecule has 0 aliphatic heterocycles. The molecule has 0 saturated heterocycles. The fourth-order valence-corrected chi connectivity index (χ4v) is 8.87. The minimum absolute atomic E-state index is 0.589. The van der Waals surface area contributed by atoms with Gasteiger partial charge in [0.2, 0.25) is 5.95 Å². The lowest BCUT2D eigenvalue weighted by Crippen LogP contribution is -2.06. The Labute approximate surface area is 296 Å². The van der Waals surface area contributed by atoms with E-state index in [0.29, 0.717) is 17.6 Å². The number of hydrogen-bond acceptors (Lipinski definition) is 4. The molecule has 4 aromatic heterocycles. The molecule has 0 amide bonds. The molecule has 7 aromatic carbocycles. The SMILES string of the molecule is c1ccc(-c2nc(-c3ccccc3)nc(-n3c4ccccc4c4cc5c(cc43)c3ccccc3n5-c3cccc4sc5ccccc5c34)n2)cc1. The molecule has 0 radical (unpaired) electrons. The molecule has 0 aliphatic rings. The lowest BCUT2D eigenvalue weighted by atomic mass is 10.1. The highest BCUT2D eigenvalue weighted by molar-refractivity contribution is 7.25. The Morgan fingerprint density at radius 1 is 0.373 bits per heavy atom. The van der Waals surface area contributed by atoms with Gasteiger partial charge in [0.05, 0.1) is 27.8 Å². The van der Waals surface area contributed by atoms with Crippen molar-refractivity contribution in [3.05, 3.63) is 164 Å². The van der Waals surface area contributed by atoms with Gasteiger partial charge in [-0.2, -0.15) is 9.97 Å². The molecular formula is C45H27N5S. The summed E-state index contributed by atoms with van der Waals surface area (Å²) in [5, 5.41) is 7.25. The predicted octanol–water partition coefficient (Wildman–Crippen LogP) is 11.8. The van der Waals surface area contributed by atoms with Gasteiger partial charge in [0.1, 0.15) is 0 Å². The highest BCUT2D eigenvalue weighted by Gasteiger charge is 2.22. The molecule has 0 aliphatic carbocycles. The zero-order chi connectivity index (χ0) is 33.5. The zero-order valence-corrected chi connectivity index (χ0v) is 28.0. The van der Waals surface area contributed by atoms with Crippen LogP contribution in [0.4, 0.5) is 0 Å². The van der Waals surface area contributed by atoms with Gasteiger partial charge in [-0.15, -0.1) is 11.3 Å². The number of hydrogen-bond donors (Lipinski definition) is 0. The summed E-state index contributed by atoms with van der Waals surface area (Å²) in [5.74, 6) is 1.87. The number of para-hydroxylation sites is 2. The first kappa shape index (κ1) is 28.2. The fourth-order valence-electron chi connectivity index (χ4n) is 7.75. The van der Waals surface area contributed by atoms with Crippen LogP contribution in [-0.2, 0) is 0 Å². The average molecular weight is 670 g/mol. The molecule has 51 heavy (non-hydrogen) atoms. The van der Waals surface area contributed by atoms with E-state index >= 15 is 0 Å². The Bertz CT molecular complexity index is 3080. The molecule has 0 fully saturated rings. The Kier molecular flexibility index (Phi) is 6.05. The Hall–Kier alpha value is -6.63. The van der Waals surface area contributed by atoms with E-state index in [1.54, 1.807) is 0 Å². The lowest BCUT2D eigenvalue weighted by molar-refractivity contribution is 0.954. The molecule has 0 saturated carbocycles. The van der Waals surface area contributed by atoms with Crippen molar-refractivity contribution >= 4 is 75.1 Å². The number of rotatable bonds is 4. The molecule has 11 rings (SSSR count). The highest BCUT2D eigenvalue weighted by Crippen LogP contribution is 2.43. The van der Waals surface area contributed by atoms with Crippen molar-refractivity contribution in [2.45, 2.75) is 0 Å². The second-order valence-corrected chi connectivity index (χ2v) is 13.9. The van der Waals surface area contributed by atoms with Gasteiger partial charge in [0.25, 0.3) is 0 Å². The average Bonchev–Trinajstić information content (AvgIpc) is 3.85. The predicted molar refractivity (Wildman–Crippen MR) is 212 cm³/mol. The third-order valence-electron chi connectivity index (χ3n) is 9.98. The molecule has 238 valence electrons. The van der Waals surface area contributed by atoms with E-state index in [4.69, 9.17) is 15.0 Å². The van der Waals surface area contributed by atoms with Crippen LogP contribution in [0.3, 0.4) is 0 Å². The molecule has 11 aromatic rings. The summed E-state index contributed by atoms with van der Waals surface area (Å²) in [6, 6.07) is 57.8. The van der Waals surface area contributed by atoms with Crippen molar-refractivity contribution < 1.29 is 0 Å². The lowest BCUT2D eigenvalue weighted by Gasteiger charge is -2.11. The van der Waals surface area contributed by atoms with Gasteiger partial charge in [-0.1, -0.05) is 121 Å². The van der Waals surface area contributed by atoms with Gasteiger partial charge in [-0.25, -0.2) is 4.98 Å². The Balaban J connectivity index is 1.25. The van der Waals surface area contributed by atoms with Gasteiger partial charge in [0, 0.05) is 52.8 Å². The number of thiophene rings is 1.